The van der Waals surface area contributed by atoms with E-state index in [2.05, 4.69) is 21.0 Å². The minimum absolute atomic E-state index is 0.139. The van der Waals surface area contributed by atoms with Crippen LogP contribution in [0.4, 0.5) is 0 Å². The van der Waals surface area contributed by atoms with Gasteiger partial charge in [0.1, 0.15) is 4.60 Å². The first kappa shape index (κ1) is 11.1. The molecule has 0 fully saturated rings. The molecule has 0 aliphatic rings. The topological polar surface area (TPSA) is 55.1 Å². The van der Waals surface area contributed by atoms with Crippen molar-refractivity contribution in [3.05, 3.63) is 28.4 Å². The number of aromatic nitrogens is 2. The molecule has 0 saturated carbocycles. The SMILES string of the molecule is Cn1nc2cccc(CCC(=O)O)c2c1Br. The molecule has 5 heteroatoms. The molecule has 2 rings (SSSR count). The van der Waals surface area contributed by atoms with Gasteiger partial charge in [0.2, 0.25) is 0 Å². The highest BCUT2D eigenvalue weighted by Gasteiger charge is 2.11. The van der Waals surface area contributed by atoms with Gasteiger partial charge in [0.15, 0.2) is 0 Å². The van der Waals surface area contributed by atoms with Crippen LogP contribution < -0.4 is 0 Å². The lowest BCUT2D eigenvalue weighted by atomic mass is 10.1. The minimum Gasteiger partial charge on any atom is -0.481 e. The van der Waals surface area contributed by atoms with Crippen molar-refractivity contribution in [3.8, 4) is 0 Å². The highest BCUT2D eigenvalue weighted by Crippen LogP contribution is 2.27. The summed E-state index contributed by atoms with van der Waals surface area (Å²) in [4.78, 5) is 10.6. The molecule has 0 radical (unpaired) electrons. The second kappa shape index (κ2) is 4.25. The molecule has 0 bridgehead atoms. The van der Waals surface area contributed by atoms with Crippen molar-refractivity contribution in [2.45, 2.75) is 12.8 Å². The quantitative estimate of drug-likeness (QED) is 0.940. The number of nitrogens with zero attached hydrogens (tertiary/aromatic N) is 2. The summed E-state index contributed by atoms with van der Waals surface area (Å²) in [6.07, 6.45) is 0.664. The number of carboxylic acids is 1. The van der Waals surface area contributed by atoms with Gasteiger partial charge in [-0.15, -0.1) is 0 Å². The van der Waals surface area contributed by atoms with Crippen molar-refractivity contribution >= 4 is 32.8 Å². The highest BCUT2D eigenvalue weighted by molar-refractivity contribution is 9.10. The van der Waals surface area contributed by atoms with Gasteiger partial charge in [-0.3, -0.25) is 9.48 Å². The van der Waals surface area contributed by atoms with Crippen LogP contribution >= 0.6 is 15.9 Å². The summed E-state index contributed by atoms with van der Waals surface area (Å²) in [6.45, 7) is 0. The van der Waals surface area contributed by atoms with E-state index >= 15 is 0 Å². The Bertz CT molecular complexity index is 548. The third-order valence-electron chi connectivity index (χ3n) is 2.49. The molecule has 0 spiro atoms. The van der Waals surface area contributed by atoms with Gasteiger partial charge < -0.3 is 5.11 Å². The summed E-state index contributed by atoms with van der Waals surface area (Å²) in [5.41, 5.74) is 1.90. The molecule has 0 aliphatic carbocycles. The van der Waals surface area contributed by atoms with Gasteiger partial charge in [-0.1, -0.05) is 12.1 Å². The number of hydrogen-bond donors (Lipinski definition) is 1. The number of hydrogen-bond acceptors (Lipinski definition) is 2. The Kier molecular flexibility index (Phi) is 2.96. The normalized spacial score (nSPS) is 10.9. The van der Waals surface area contributed by atoms with Gasteiger partial charge in [0.05, 0.1) is 5.52 Å². The van der Waals surface area contributed by atoms with Gasteiger partial charge in [0.25, 0.3) is 0 Å². The molecule has 0 saturated heterocycles. The molecular formula is C11H11BrN2O2. The number of benzene rings is 1. The van der Waals surface area contributed by atoms with Crippen LogP contribution in [0.3, 0.4) is 0 Å². The molecular weight excluding hydrogens is 272 g/mol. The predicted molar refractivity (Wildman–Crippen MR) is 64.4 cm³/mol. The predicted octanol–water partition coefficient (Wildman–Crippen LogP) is 2.35. The van der Waals surface area contributed by atoms with E-state index in [4.69, 9.17) is 5.11 Å². The van der Waals surface area contributed by atoms with E-state index in [1.807, 2.05) is 25.2 Å². The molecule has 0 atom stereocenters. The first-order chi connectivity index (χ1) is 7.59. The van der Waals surface area contributed by atoms with Gasteiger partial charge >= 0.3 is 5.97 Å². The number of aliphatic carboxylic acids is 1. The van der Waals surface area contributed by atoms with Crippen molar-refractivity contribution in [1.82, 2.24) is 9.78 Å². The van der Waals surface area contributed by atoms with Crippen molar-refractivity contribution in [2.75, 3.05) is 0 Å². The fourth-order valence-electron chi connectivity index (χ4n) is 1.73. The van der Waals surface area contributed by atoms with Crippen LogP contribution in [0, 0.1) is 0 Å². The average molecular weight is 283 g/mol. The summed E-state index contributed by atoms with van der Waals surface area (Å²) in [6, 6.07) is 5.76. The standard InChI is InChI=1S/C11H11BrN2O2/c1-14-11(12)10-7(5-6-9(15)16)3-2-4-8(10)13-14/h2-4H,5-6H2,1H3,(H,15,16). The summed E-state index contributed by atoms with van der Waals surface area (Å²) in [7, 11) is 1.85. The number of fused-ring (bicyclic) bond motifs is 1. The lowest BCUT2D eigenvalue weighted by Crippen LogP contribution is -1.97. The Hall–Kier alpha value is -1.36. The highest BCUT2D eigenvalue weighted by atomic mass is 79.9. The van der Waals surface area contributed by atoms with E-state index in [1.165, 1.54) is 0 Å². The summed E-state index contributed by atoms with van der Waals surface area (Å²) in [5.74, 6) is -0.781. The molecule has 0 unspecified atom stereocenters. The summed E-state index contributed by atoms with van der Waals surface area (Å²) < 4.78 is 2.64. The van der Waals surface area contributed by atoms with Crippen LogP contribution in [0.5, 0.6) is 0 Å². The van der Waals surface area contributed by atoms with Gasteiger partial charge in [0, 0.05) is 18.9 Å². The Morgan fingerprint density at radius 2 is 2.31 bits per heavy atom. The lowest BCUT2D eigenvalue weighted by molar-refractivity contribution is -0.136. The smallest absolute Gasteiger partial charge is 0.303 e. The second-order valence-corrected chi connectivity index (χ2v) is 4.37. The summed E-state index contributed by atoms with van der Waals surface area (Å²) in [5, 5.41) is 14.0. The number of aryl methyl sites for hydroxylation is 2. The van der Waals surface area contributed by atoms with E-state index in [9.17, 15) is 4.79 Å². The third-order valence-corrected chi connectivity index (χ3v) is 3.39. The zero-order valence-electron chi connectivity index (χ0n) is 8.77. The van der Waals surface area contributed by atoms with E-state index in [0.717, 1.165) is 21.1 Å². The average Bonchev–Trinajstić information content (AvgIpc) is 2.52. The van der Waals surface area contributed by atoms with E-state index < -0.39 is 5.97 Å². The first-order valence-corrected chi connectivity index (χ1v) is 5.71. The Balaban J connectivity index is 2.48. The number of carbonyl (C=O) groups is 1. The van der Waals surface area contributed by atoms with E-state index in [0.29, 0.717) is 6.42 Å². The molecule has 1 aromatic carbocycles. The molecule has 2 aromatic rings. The summed E-state index contributed by atoms with van der Waals surface area (Å²) >= 11 is 3.46. The Labute approximate surface area is 101 Å². The van der Waals surface area contributed by atoms with Crippen LogP contribution in [0.25, 0.3) is 10.9 Å². The maximum Gasteiger partial charge on any atom is 0.303 e. The van der Waals surface area contributed by atoms with Crippen molar-refractivity contribution in [2.24, 2.45) is 7.05 Å². The maximum atomic E-state index is 10.6. The minimum atomic E-state index is -0.781. The maximum absolute atomic E-state index is 10.6. The Morgan fingerprint density at radius 3 is 3.00 bits per heavy atom. The van der Waals surface area contributed by atoms with Crippen LogP contribution in [-0.4, -0.2) is 20.9 Å². The van der Waals surface area contributed by atoms with Gasteiger partial charge in [-0.25, -0.2) is 0 Å². The molecule has 1 N–H and O–H groups in total. The molecule has 16 heavy (non-hydrogen) atoms. The fourth-order valence-corrected chi connectivity index (χ4v) is 2.26. The van der Waals surface area contributed by atoms with Crippen molar-refractivity contribution < 1.29 is 9.90 Å². The van der Waals surface area contributed by atoms with Crippen LogP contribution in [0.15, 0.2) is 22.8 Å². The van der Waals surface area contributed by atoms with Crippen LogP contribution in [-0.2, 0) is 18.3 Å². The molecule has 4 nitrogen and oxygen atoms in total. The van der Waals surface area contributed by atoms with E-state index in [-0.39, 0.29) is 6.42 Å². The zero-order chi connectivity index (χ0) is 11.7. The van der Waals surface area contributed by atoms with Gasteiger partial charge in [-0.05, 0) is 34.0 Å². The molecule has 1 aromatic heterocycles. The van der Waals surface area contributed by atoms with Crippen LogP contribution in [0.2, 0.25) is 0 Å². The molecule has 0 amide bonds. The largest absolute Gasteiger partial charge is 0.481 e. The number of halogens is 1. The third kappa shape index (κ3) is 1.95. The van der Waals surface area contributed by atoms with Crippen LogP contribution in [0.1, 0.15) is 12.0 Å². The molecule has 1 heterocycles. The fraction of sp³-hybridized carbons (Fsp3) is 0.273. The molecule has 84 valence electrons. The molecule has 0 aliphatic heterocycles. The van der Waals surface area contributed by atoms with Gasteiger partial charge in [-0.2, -0.15) is 5.10 Å². The van der Waals surface area contributed by atoms with E-state index in [1.54, 1.807) is 4.68 Å². The first-order valence-electron chi connectivity index (χ1n) is 4.91. The monoisotopic (exact) mass is 282 g/mol. The lowest BCUT2D eigenvalue weighted by Gasteiger charge is -2.01. The Morgan fingerprint density at radius 1 is 1.56 bits per heavy atom. The second-order valence-electron chi connectivity index (χ2n) is 3.62. The number of rotatable bonds is 3. The van der Waals surface area contributed by atoms with Crippen molar-refractivity contribution in [3.63, 3.8) is 0 Å². The van der Waals surface area contributed by atoms with Crippen molar-refractivity contribution in [1.29, 1.82) is 0 Å². The number of carboxylic acid groups (broad SMARTS) is 1. The zero-order valence-corrected chi connectivity index (χ0v) is 10.4.